The molecule has 1 aromatic carbocycles. The van der Waals surface area contributed by atoms with Gasteiger partial charge in [0.15, 0.2) is 16.7 Å². The minimum Gasteiger partial charge on any atom is -0.362 e. The third-order valence-corrected chi connectivity index (χ3v) is 2.98. The van der Waals surface area contributed by atoms with Crippen LogP contribution in [0.1, 0.15) is 32.6 Å². The Morgan fingerprint density at radius 1 is 1.14 bits per heavy atom. The molecule has 0 atom stereocenters. The quantitative estimate of drug-likeness (QED) is 0.596. The van der Waals surface area contributed by atoms with Crippen molar-refractivity contribution in [3.05, 3.63) is 29.6 Å². The summed E-state index contributed by atoms with van der Waals surface area (Å²) in [6.07, 6.45) is 2.99. The first kappa shape index (κ1) is 17.4. The fourth-order valence-corrected chi connectivity index (χ4v) is 1.90. The maximum absolute atomic E-state index is 13.4. The Kier molecular flexibility index (Phi) is 7.14. The molecule has 0 aliphatic rings. The van der Waals surface area contributed by atoms with Gasteiger partial charge < -0.3 is 15.4 Å². The Hall–Kier alpha value is -1.63. The fourth-order valence-electron chi connectivity index (χ4n) is 1.70. The highest BCUT2D eigenvalue weighted by atomic mass is 32.1. The zero-order valence-corrected chi connectivity index (χ0v) is 12.5. The van der Waals surface area contributed by atoms with E-state index in [2.05, 4.69) is 10.6 Å². The van der Waals surface area contributed by atoms with Gasteiger partial charge in [-0.1, -0.05) is 6.42 Å². The van der Waals surface area contributed by atoms with E-state index in [1.807, 2.05) is 0 Å². The van der Waals surface area contributed by atoms with Crippen molar-refractivity contribution in [3.63, 3.8) is 0 Å². The third kappa shape index (κ3) is 6.57. The van der Waals surface area contributed by atoms with Crippen molar-refractivity contribution in [2.75, 3.05) is 11.9 Å². The molecule has 0 bridgehead atoms. The molecule has 1 aromatic rings. The molecule has 0 saturated carbocycles. The molecule has 0 aromatic heterocycles. The molecule has 0 aliphatic heterocycles. The van der Waals surface area contributed by atoms with E-state index in [4.69, 9.17) is 12.2 Å². The second-order valence-corrected chi connectivity index (χ2v) is 5.05. The molecule has 0 saturated heterocycles. The molecule has 21 heavy (non-hydrogen) atoms. The predicted octanol–water partition coefficient (Wildman–Crippen LogP) is 3.54. The number of rotatable bonds is 7. The van der Waals surface area contributed by atoms with Crippen LogP contribution in [0.25, 0.3) is 0 Å². The summed E-state index contributed by atoms with van der Waals surface area (Å²) in [7, 11) is 0. The Morgan fingerprint density at radius 2 is 1.76 bits per heavy atom. The number of carbonyl (C=O) groups is 1. The first-order valence-electron chi connectivity index (χ1n) is 6.59. The summed E-state index contributed by atoms with van der Waals surface area (Å²) in [5.41, 5.74) is -0.481. The maximum atomic E-state index is 13.4. The van der Waals surface area contributed by atoms with Crippen molar-refractivity contribution in [1.82, 2.24) is 5.32 Å². The zero-order chi connectivity index (χ0) is 15.8. The smallest absolute Gasteiger partial charge is 0.170 e. The molecule has 1 rings (SSSR count). The summed E-state index contributed by atoms with van der Waals surface area (Å²) >= 11 is 4.90. The van der Waals surface area contributed by atoms with Gasteiger partial charge in [0.2, 0.25) is 0 Å². The van der Waals surface area contributed by atoms with Gasteiger partial charge in [0.05, 0.1) is 0 Å². The van der Waals surface area contributed by atoms with E-state index in [-0.39, 0.29) is 10.9 Å². The minimum absolute atomic E-state index is 0.0611. The van der Waals surface area contributed by atoms with E-state index < -0.39 is 23.1 Å². The van der Waals surface area contributed by atoms with E-state index in [0.29, 0.717) is 25.1 Å². The van der Waals surface area contributed by atoms with Crippen LogP contribution >= 0.6 is 12.2 Å². The summed E-state index contributed by atoms with van der Waals surface area (Å²) in [5.74, 6) is -2.92. The second kappa shape index (κ2) is 8.61. The molecule has 2 N–H and O–H groups in total. The van der Waals surface area contributed by atoms with Crippen molar-refractivity contribution < 1.29 is 18.0 Å². The maximum Gasteiger partial charge on any atom is 0.170 e. The molecule has 0 unspecified atom stereocenters. The topological polar surface area (TPSA) is 41.1 Å². The first-order chi connectivity index (χ1) is 9.90. The fraction of sp³-hybridized carbons (Fsp3) is 0.429. The van der Waals surface area contributed by atoms with Crippen molar-refractivity contribution in [2.45, 2.75) is 32.6 Å². The Labute approximate surface area is 126 Å². The van der Waals surface area contributed by atoms with E-state index in [1.165, 1.54) is 0 Å². The number of hydrogen-bond donors (Lipinski definition) is 2. The minimum atomic E-state index is -1.04. The molecule has 116 valence electrons. The predicted molar refractivity (Wildman–Crippen MR) is 79.7 cm³/mol. The number of hydrogen-bond acceptors (Lipinski definition) is 2. The number of Topliss-reactive ketones (excluding diaryl/α,β-unsaturated/α-hetero) is 1. The molecular weight excluding hydrogens is 301 g/mol. The molecule has 0 aliphatic carbocycles. The lowest BCUT2D eigenvalue weighted by Crippen LogP contribution is -2.30. The van der Waals surface area contributed by atoms with Gasteiger partial charge in [0.25, 0.3) is 0 Å². The second-order valence-electron chi connectivity index (χ2n) is 4.64. The zero-order valence-electron chi connectivity index (χ0n) is 11.6. The molecule has 3 nitrogen and oxygen atoms in total. The third-order valence-electron chi connectivity index (χ3n) is 2.74. The molecule has 0 heterocycles. The van der Waals surface area contributed by atoms with Crippen LogP contribution in [-0.4, -0.2) is 17.4 Å². The van der Waals surface area contributed by atoms with Crippen LogP contribution in [0, 0.1) is 17.5 Å². The van der Waals surface area contributed by atoms with E-state index >= 15 is 0 Å². The van der Waals surface area contributed by atoms with Crippen LogP contribution in [0.2, 0.25) is 0 Å². The van der Waals surface area contributed by atoms with Gasteiger partial charge in [-0.2, -0.15) is 0 Å². The van der Waals surface area contributed by atoms with Crippen LogP contribution in [-0.2, 0) is 4.79 Å². The lowest BCUT2D eigenvalue weighted by atomic mass is 10.1. The van der Waals surface area contributed by atoms with Crippen molar-refractivity contribution in [1.29, 1.82) is 0 Å². The van der Waals surface area contributed by atoms with Gasteiger partial charge >= 0.3 is 0 Å². The molecule has 0 fully saturated rings. The van der Waals surface area contributed by atoms with E-state index in [9.17, 15) is 18.0 Å². The van der Waals surface area contributed by atoms with E-state index in [1.54, 1.807) is 6.92 Å². The monoisotopic (exact) mass is 318 g/mol. The number of halogens is 3. The molecule has 0 spiro atoms. The number of anilines is 1. The number of unbranched alkanes of at least 4 members (excludes halogenated alkanes) is 2. The molecule has 0 radical (unpaired) electrons. The van der Waals surface area contributed by atoms with Crippen LogP contribution in [0.4, 0.5) is 18.9 Å². The Bertz CT molecular complexity index is 500. The van der Waals surface area contributed by atoms with Gasteiger partial charge in [-0.05, 0) is 32.0 Å². The Balaban J connectivity index is 2.33. The molecular formula is C14H17F3N2OS. The van der Waals surface area contributed by atoms with Gasteiger partial charge in [0.1, 0.15) is 17.3 Å². The summed E-state index contributed by atoms with van der Waals surface area (Å²) in [4.78, 5) is 10.7. The Morgan fingerprint density at radius 3 is 2.33 bits per heavy atom. The summed E-state index contributed by atoms with van der Waals surface area (Å²) < 4.78 is 39.5. The molecule has 7 heteroatoms. The highest BCUT2D eigenvalue weighted by molar-refractivity contribution is 7.80. The summed E-state index contributed by atoms with van der Waals surface area (Å²) in [5, 5.41) is 5.22. The van der Waals surface area contributed by atoms with Crippen molar-refractivity contribution in [2.24, 2.45) is 0 Å². The number of carbonyl (C=O) groups excluding carboxylic acids is 1. The van der Waals surface area contributed by atoms with E-state index in [0.717, 1.165) is 19.3 Å². The average Bonchev–Trinajstić information content (AvgIpc) is 2.37. The number of nitrogens with one attached hydrogen (secondary N) is 2. The van der Waals surface area contributed by atoms with Crippen molar-refractivity contribution >= 4 is 28.8 Å². The van der Waals surface area contributed by atoms with Crippen LogP contribution in [0.15, 0.2) is 12.1 Å². The largest absolute Gasteiger partial charge is 0.362 e. The molecule has 0 amide bonds. The van der Waals surface area contributed by atoms with Crippen LogP contribution < -0.4 is 10.6 Å². The normalized spacial score (nSPS) is 10.3. The number of benzene rings is 1. The number of ketones is 1. The van der Waals surface area contributed by atoms with Gasteiger partial charge in [0, 0.05) is 25.1 Å². The lowest BCUT2D eigenvalue weighted by Gasteiger charge is -2.11. The SMILES string of the molecule is CC(=O)CCCCCNC(=S)Nc1c(F)cc(F)cc1F. The van der Waals surface area contributed by atoms with Gasteiger partial charge in [-0.15, -0.1) is 0 Å². The highest BCUT2D eigenvalue weighted by Gasteiger charge is 2.12. The van der Waals surface area contributed by atoms with Gasteiger partial charge in [-0.25, -0.2) is 13.2 Å². The number of thiocarbonyl (C=S) groups is 1. The standard InChI is InChI=1S/C14H17F3N2OS/c1-9(20)5-3-2-4-6-18-14(21)19-13-11(16)7-10(15)8-12(13)17/h7-8H,2-6H2,1H3,(H2,18,19,21). The summed E-state index contributed by atoms with van der Waals surface area (Å²) in [6, 6.07) is 1.16. The highest BCUT2D eigenvalue weighted by Crippen LogP contribution is 2.19. The average molecular weight is 318 g/mol. The lowest BCUT2D eigenvalue weighted by molar-refractivity contribution is -0.117. The van der Waals surface area contributed by atoms with Gasteiger partial charge in [-0.3, -0.25) is 0 Å². The van der Waals surface area contributed by atoms with Crippen LogP contribution in [0.3, 0.4) is 0 Å². The summed E-state index contributed by atoms with van der Waals surface area (Å²) in [6.45, 7) is 2.07. The van der Waals surface area contributed by atoms with Crippen LogP contribution in [0.5, 0.6) is 0 Å². The van der Waals surface area contributed by atoms with Crippen molar-refractivity contribution in [3.8, 4) is 0 Å². The first-order valence-corrected chi connectivity index (χ1v) is 7.00.